The molecule has 0 radical (unpaired) electrons. The fourth-order valence-electron chi connectivity index (χ4n) is 2.05. The summed E-state index contributed by atoms with van der Waals surface area (Å²) in [6.45, 7) is 3.98. The van der Waals surface area contributed by atoms with E-state index in [-0.39, 0.29) is 5.91 Å². The monoisotopic (exact) mass is 294 g/mol. The molecule has 1 aliphatic rings. The Morgan fingerprint density at radius 2 is 1.62 bits per heavy atom. The van der Waals surface area contributed by atoms with Crippen LogP contribution in [0, 0.1) is 0 Å². The molecule has 0 unspecified atom stereocenters. The molecule has 104 valence electrons. The van der Waals surface area contributed by atoms with E-state index in [1.807, 2.05) is 53.9 Å². The topological polar surface area (TPSA) is 32.3 Å². The average molecular weight is 294 g/mol. The first-order chi connectivity index (χ1) is 10.3. The number of benzene rings is 2. The van der Waals surface area contributed by atoms with Gasteiger partial charge in [-0.1, -0.05) is 66.9 Å². The Balaban J connectivity index is 1.82. The predicted octanol–water partition coefficient (Wildman–Crippen LogP) is 3.85. The molecule has 0 saturated carbocycles. The Morgan fingerprint density at radius 1 is 1.00 bits per heavy atom. The molecule has 0 saturated heterocycles. The van der Waals surface area contributed by atoms with Crippen molar-refractivity contribution in [1.82, 2.24) is 10.4 Å². The maximum absolute atomic E-state index is 12.3. The Kier molecular flexibility index (Phi) is 3.79. The van der Waals surface area contributed by atoms with Crippen LogP contribution in [-0.2, 0) is 0 Å². The van der Waals surface area contributed by atoms with Crippen molar-refractivity contribution in [2.75, 3.05) is 0 Å². The zero-order valence-corrected chi connectivity index (χ0v) is 12.1. The van der Waals surface area contributed by atoms with E-state index in [1.54, 1.807) is 17.1 Å². The van der Waals surface area contributed by atoms with Crippen molar-refractivity contribution in [2.24, 2.45) is 0 Å². The normalized spacial score (nSPS) is 14.0. The van der Waals surface area contributed by atoms with E-state index in [1.165, 1.54) is 11.8 Å². The summed E-state index contributed by atoms with van der Waals surface area (Å²) < 4.78 is 0. The first-order valence-corrected chi connectivity index (χ1v) is 7.41. The number of amides is 1. The van der Waals surface area contributed by atoms with Crippen LogP contribution in [0.4, 0.5) is 0 Å². The highest BCUT2D eigenvalue weighted by Gasteiger charge is 2.23. The van der Waals surface area contributed by atoms with E-state index < -0.39 is 0 Å². The van der Waals surface area contributed by atoms with Gasteiger partial charge < -0.3 is 0 Å². The van der Waals surface area contributed by atoms with Crippen LogP contribution >= 0.6 is 11.8 Å². The number of rotatable bonds is 3. The second-order valence-electron chi connectivity index (χ2n) is 4.52. The van der Waals surface area contributed by atoms with Crippen LogP contribution in [0.1, 0.15) is 15.9 Å². The fraction of sp³-hybridized carbons (Fsp3) is 0. The summed E-state index contributed by atoms with van der Waals surface area (Å²) in [5.41, 5.74) is 5.48. The lowest BCUT2D eigenvalue weighted by Gasteiger charge is -2.23. The SMILES string of the molecule is C=C1SC=C(c2ccccc2)N1NC(=O)c1ccccc1. The van der Waals surface area contributed by atoms with E-state index in [9.17, 15) is 4.79 Å². The molecule has 4 heteroatoms. The molecule has 2 aromatic carbocycles. The molecule has 0 fully saturated rings. The van der Waals surface area contributed by atoms with Gasteiger partial charge in [0, 0.05) is 16.5 Å². The lowest BCUT2D eigenvalue weighted by Crippen LogP contribution is -2.37. The second-order valence-corrected chi connectivity index (χ2v) is 5.47. The molecule has 0 aromatic heterocycles. The maximum atomic E-state index is 12.3. The molecule has 3 nitrogen and oxygen atoms in total. The summed E-state index contributed by atoms with van der Waals surface area (Å²) >= 11 is 1.50. The first-order valence-electron chi connectivity index (χ1n) is 6.53. The first kappa shape index (κ1) is 13.5. The third-order valence-electron chi connectivity index (χ3n) is 3.12. The number of carbonyl (C=O) groups is 1. The molecule has 0 atom stereocenters. The fourth-order valence-corrected chi connectivity index (χ4v) is 2.79. The van der Waals surface area contributed by atoms with Crippen LogP contribution in [-0.4, -0.2) is 10.9 Å². The minimum absolute atomic E-state index is 0.152. The molecule has 1 amide bonds. The highest BCUT2D eigenvalue weighted by molar-refractivity contribution is 8.06. The quantitative estimate of drug-likeness (QED) is 0.933. The summed E-state index contributed by atoms with van der Waals surface area (Å²) in [4.78, 5) is 12.3. The molecule has 1 heterocycles. The van der Waals surface area contributed by atoms with Crippen LogP contribution in [0.3, 0.4) is 0 Å². The summed E-state index contributed by atoms with van der Waals surface area (Å²) in [7, 11) is 0. The average Bonchev–Trinajstić information content (AvgIpc) is 2.90. The van der Waals surface area contributed by atoms with Gasteiger partial charge >= 0.3 is 0 Å². The highest BCUT2D eigenvalue weighted by atomic mass is 32.2. The smallest absolute Gasteiger partial charge is 0.267 e. The molecule has 21 heavy (non-hydrogen) atoms. The van der Waals surface area contributed by atoms with Gasteiger partial charge in [0.1, 0.15) is 0 Å². The Morgan fingerprint density at radius 3 is 2.29 bits per heavy atom. The van der Waals surface area contributed by atoms with Crippen LogP contribution in [0.5, 0.6) is 0 Å². The molecule has 1 aliphatic heterocycles. The van der Waals surface area contributed by atoms with Crippen LogP contribution in [0.15, 0.2) is 77.7 Å². The molecule has 1 N–H and O–H groups in total. The second kappa shape index (κ2) is 5.89. The standard InChI is InChI=1S/C17H14N2OS/c1-13-19(18-17(20)15-10-6-3-7-11-15)16(12-21-13)14-8-4-2-5-9-14/h2-12H,1H2,(H,18,20). The number of nitrogens with zero attached hydrogens (tertiary/aromatic N) is 1. The van der Waals surface area contributed by atoms with E-state index in [0.29, 0.717) is 5.56 Å². The lowest BCUT2D eigenvalue weighted by molar-refractivity contribution is 0.0891. The minimum atomic E-state index is -0.152. The minimum Gasteiger partial charge on any atom is -0.267 e. The van der Waals surface area contributed by atoms with Gasteiger partial charge in [-0.05, 0) is 12.1 Å². The summed E-state index contributed by atoms with van der Waals surface area (Å²) in [6.07, 6.45) is 0. The Labute approximate surface area is 127 Å². The zero-order valence-electron chi connectivity index (χ0n) is 11.3. The van der Waals surface area contributed by atoms with Gasteiger partial charge in [-0.15, -0.1) is 0 Å². The van der Waals surface area contributed by atoms with E-state index in [4.69, 9.17) is 0 Å². The van der Waals surface area contributed by atoms with Crippen molar-refractivity contribution < 1.29 is 4.79 Å². The van der Waals surface area contributed by atoms with Gasteiger partial charge in [-0.25, -0.2) is 5.01 Å². The van der Waals surface area contributed by atoms with E-state index in [2.05, 4.69) is 12.0 Å². The maximum Gasteiger partial charge on any atom is 0.270 e. The molecule has 0 bridgehead atoms. The van der Waals surface area contributed by atoms with Crippen LogP contribution < -0.4 is 5.43 Å². The Hall–Kier alpha value is -2.46. The predicted molar refractivity (Wildman–Crippen MR) is 86.9 cm³/mol. The van der Waals surface area contributed by atoms with Crippen molar-refractivity contribution in [3.63, 3.8) is 0 Å². The third kappa shape index (κ3) is 2.85. The molecular weight excluding hydrogens is 280 g/mol. The van der Waals surface area contributed by atoms with Crippen LogP contribution in [0.25, 0.3) is 5.70 Å². The zero-order chi connectivity index (χ0) is 14.7. The Bertz CT molecular complexity index is 695. The molecule has 3 rings (SSSR count). The number of thioether (sulfide) groups is 1. The molecule has 0 aliphatic carbocycles. The summed E-state index contributed by atoms with van der Waals surface area (Å²) in [5, 5.41) is 4.50. The van der Waals surface area contributed by atoms with Crippen molar-refractivity contribution in [3.05, 3.63) is 88.8 Å². The van der Waals surface area contributed by atoms with Crippen molar-refractivity contribution in [1.29, 1.82) is 0 Å². The number of hydrazine groups is 1. The van der Waals surface area contributed by atoms with Gasteiger partial charge in [-0.3, -0.25) is 10.2 Å². The number of hydrogen-bond donors (Lipinski definition) is 1. The molecule has 0 spiro atoms. The third-order valence-corrected chi connectivity index (χ3v) is 3.91. The van der Waals surface area contributed by atoms with Crippen molar-refractivity contribution >= 4 is 23.4 Å². The van der Waals surface area contributed by atoms with Crippen LogP contribution in [0.2, 0.25) is 0 Å². The van der Waals surface area contributed by atoms with Crippen molar-refractivity contribution in [2.45, 2.75) is 0 Å². The number of carbonyl (C=O) groups excluding carboxylic acids is 1. The van der Waals surface area contributed by atoms with Gasteiger partial charge in [0.25, 0.3) is 5.91 Å². The lowest BCUT2D eigenvalue weighted by atomic mass is 10.2. The largest absolute Gasteiger partial charge is 0.270 e. The van der Waals surface area contributed by atoms with E-state index >= 15 is 0 Å². The van der Waals surface area contributed by atoms with Gasteiger partial charge in [0.05, 0.1) is 10.7 Å². The van der Waals surface area contributed by atoms with Gasteiger partial charge in [0.2, 0.25) is 0 Å². The molecular formula is C17H14N2OS. The number of nitrogens with one attached hydrogen (secondary N) is 1. The van der Waals surface area contributed by atoms with Crippen molar-refractivity contribution in [3.8, 4) is 0 Å². The summed E-state index contributed by atoms with van der Waals surface area (Å²) in [6, 6.07) is 19.1. The van der Waals surface area contributed by atoms with Gasteiger partial charge in [-0.2, -0.15) is 0 Å². The number of hydrogen-bond acceptors (Lipinski definition) is 3. The van der Waals surface area contributed by atoms with Gasteiger partial charge in [0.15, 0.2) is 0 Å². The van der Waals surface area contributed by atoms with E-state index in [0.717, 1.165) is 16.3 Å². The summed E-state index contributed by atoms with van der Waals surface area (Å²) in [5.74, 6) is -0.152. The highest BCUT2D eigenvalue weighted by Crippen LogP contribution is 2.36. The molecule has 2 aromatic rings.